The summed E-state index contributed by atoms with van der Waals surface area (Å²) < 4.78 is 6.04. The van der Waals surface area contributed by atoms with E-state index in [1.807, 2.05) is 12.1 Å². The number of fused-ring (bicyclic) bond motifs is 2. The zero-order chi connectivity index (χ0) is 25.3. The molecule has 5 rings (SSSR count). The molecule has 2 aliphatic rings. The van der Waals surface area contributed by atoms with Crippen molar-refractivity contribution in [1.82, 2.24) is 0 Å². The Labute approximate surface area is 212 Å². The molecular formula is C31H33NO4. The van der Waals surface area contributed by atoms with Crippen LogP contribution in [-0.4, -0.2) is 17.0 Å². The SMILES string of the molecule is CC1CC2CC(C1)CC(C)(c1ccc(Oc3ccc(C(=O)Nc4ccccc4C(=O)O)cc3)cc1)C2. The number of aromatic carboxylic acids is 1. The molecule has 2 fully saturated rings. The number of rotatable bonds is 6. The first-order valence-electron chi connectivity index (χ1n) is 12.8. The minimum atomic E-state index is -1.09. The molecule has 2 saturated carbocycles. The summed E-state index contributed by atoms with van der Waals surface area (Å²) in [5, 5.41) is 12.0. The summed E-state index contributed by atoms with van der Waals surface area (Å²) in [7, 11) is 0. The lowest BCUT2D eigenvalue weighted by Crippen LogP contribution is -2.38. The molecule has 0 aliphatic heterocycles. The Kier molecular flexibility index (Phi) is 6.57. The minimum Gasteiger partial charge on any atom is -0.478 e. The van der Waals surface area contributed by atoms with E-state index in [2.05, 4.69) is 31.3 Å². The first-order valence-corrected chi connectivity index (χ1v) is 12.8. The standard InChI is InChI=1S/C31H33NO4/c1-20-15-21-17-22(16-20)19-31(2,18-21)24-9-13-26(14-10-24)36-25-11-7-23(8-12-25)29(33)32-28-6-4-3-5-27(28)30(34)35/h3-14,20-22H,15-19H2,1-2H3,(H,32,33)(H,34,35). The summed E-state index contributed by atoms with van der Waals surface area (Å²) in [6.07, 6.45) is 6.69. The molecule has 2 aliphatic carbocycles. The van der Waals surface area contributed by atoms with Gasteiger partial charge in [0.05, 0.1) is 11.3 Å². The number of carboxylic acid groups (broad SMARTS) is 1. The average molecular weight is 484 g/mol. The molecule has 0 aromatic heterocycles. The Morgan fingerprint density at radius 1 is 0.861 bits per heavy atom. The summed E-state index contributed by atoms with van der Waals surface area (Å²) in [5.74, 6) is 2.50. The van der Waals surface area contributed by atoms with Crippen molar-refractivity contribution in [3.8, 4) is 11.5 Å². The number of carbonyl (C=O) groups excluding carboxylic acids is 1. The largest absolute Gasteiger partial charge is 0.478 e. The fourth-order valence-electron chi connectivity index (χ4n) is 6.53. The van der Waals surface area contributed by atoms with E-state index >= 15 is 0 Å². The van der Waals surface area contributed by atoms with Crippen LogP contribution in [0.2, 0.25) is 0 Å². The van der Waals surface area contributed by atoms with Crippen LogP contribution >= 0.6 is 0 Å². The van der Waals surface area contributed by atoms with Crippen molar-refractivity contribution in [3.63, 3.8) is 0 Å². The highest BCUT2D eigenvalue weighted by Crippen LogP contribution is 2.51. The van der Waals surface area contributed by atoms with Crippen molar-refractivity contribution >= 4 is 17.6 Å². The van der Waals surface area contributed by atoms with E-state index < -0.39 is 5.97 Å². The van der Waals surface area contributed by atoms with Gasteiger partial charge in [-0.3, -0.25) is 4.79 Å². The van der Waals surface area contributed by atoms with Crippen molar-refractivity contribution in [2.24, 2.45) is 17.8 Å². The van der Waals surface area contributed by atoms with E-state index in [-0.39, 0.29) is 22.6 Å². The van der Waals surface area contributed by atoms with Crippen molar-refractivity contribution in [2.45, 2.75) is 51.4 Å². The second-order valence-corrected chi connectivity index (χ2v) is 11.0. The van der Waals surface area contributed by atoms with Gasteiger partial charge in [-0.05, 0) is 109 Å². The van der Waals surface area contributed by atoms with Crippen LogP contribution in [0.1, 0.15) is 72.2 Å². The lowest BCUT2D eigenvalue weighted by Gasteiger charge is -2.47. The third-order valence-electron chi connectivity index (χ3n) is 7.93. The number of hydrogen-bond donors (Lipinski definition) is 2. The molecule has 3 aromatic rings. The number of anilines is 1. The predicted molar refractivity (Wildman–Crippen MR) is 141 cm³/mol. The fraction of sp³-hybridized carbons (Fsp3) is 0.355. The Morgan fingerprint density at radius 2 is 1.44 bits per heavy atom. The summed E-state index contributed by atoms with van der Waals surface area (Å²) in [4.78, 5) is 24.0. The lowest BCUT2D eigenvalue weighted by molar-refractivity contribution is 0.0698. The lowest BCUT2D eigenvalue weighted by atomic mass is 9.58. The molecule has 0 spiro atoms. The van der Waals surface area contributed by atoms with E-state index in [4.69, 9.17) is 4.74 Å². The van der Waals surface area contributed by atoms with Gasteiger partial charge in [-0.2, -0.15) is 0 Å². The van der Waals surface area contributed by atoms with Crippen molar-refractivity contribution in [3.05, 3.63) is 89.5 Å². The molecule has 5 heteroatoms. The van der Waals surface area contributed by atoms with Crippen molar-refractivity contribution < 1.29 is 19.4 Å². The van der Waals surface area contributed by atoms with Crippen LogP contribution in [0.3, 0.4) is 0 Å². The van der Waals surface area contributed by atoms with Gasteiger partial charge >= 0.3 is 5.97 Å². The monoisotopic (exact) mass is 483 g/mol. The van der Waals surface area contributed by atoms with E-state index in [1.165, 1.54) is 43.7 Å². The number of hydrogen-bond acceptors (Lipinski definition) is 3. The van der Waals surface area contributed by atoms with Gasteiger partial charge < -0.3 is 15.2 Å². The number of para-hydroxylation sites is 1. The molecule has 5 nitrogen and oxygen atoms in total. The first kappa shape index (κ1) is 24.1. The van der Waals surface area contributed by atoms with E-state index in [0.717, 1.165) is 23.5 Å². The Morgan fingerprint density at radius 3 is 2.06 bits per heavy atom. The molecular weight excluding hydrogens is 450 g/mol. The van der Waals surface area contributed by atoms with Crippen LogP contribution in [0.4, 0.5) is 5.69 Å². The van der Waals surface area contributed by atoms with Crippen molar-refractivity contribution in [2.75, 3.05) is 5.32 Å². The molecule has 2 N–H and O–H groups in total. The summed E-state index contributed by atoms with van der Waals surface area (Å²) in [6, 6.07) is 21.7. The predicted octanol–water partition coefficient (Wildman–Crippen LogP) is 7.53. The third kappa shape index (κ3) is 5.15. The summed E-state index contributed by atoms with van der Waals surface area (Å²) in [5.41, 5.74) is 2.37. The Balaban J connectivity index is 1.22. The van der Waals surface area contributed by atoms with Crippen LogP contribution in [0, 0.1) is 17.8 Å². The molecule has 2 bridgehead atoms. The van der Waals surface area contributed by atoms with Crippen LogP contribution in [0.15, 0.2) is 72.8 Å². The number of amides is 1. The smallest absolute Gasteiger partial charge is 0.337 e. The highest BCUT2D eigenvalue weighted by molar-refractivity contribution is 6.07. The Bertz CT molecular complexity index is 1230. The van der Waals surface area contributed by atoms with Gasteiger partial charge in [0.25, 0.3) is 5.91 Å². The number of nitrogens with one attached hydrogen (secondary N) is 1. The molecule has 0 saturated heterocycles. The molecule has 2 atom stereocenters. The third-order valence-corrected chi connectivity index (χ3v) is 7.93. The van der Waals surface area contributed by atoms with Crippen molar-refractivity contribution in [1.29, 1.82) is 0 Å². The second-order valence-electron chi connectivity index (χ2n) is 11.0. The van der Waals surface area contributed by atoms with Gasteiger partial charge in [-0.25, -0.2) is 4.79 Å². The Hall–Kier alpha value is -3.60. The fourth-order valence-corrected chi connectivity index (χ4v) is 6.53. The van der Waals surface area contributed by atoms with Crippen LogP contribution in [0.5, 0.6) is 11.5 Å². The zero-order valence-electron chi connectivity index (χ0n) is 20.9. The van der Waals surface area contributed by atoms with Gasteiger partial charge in [0.2, 0.25) is 0 Å². The molecule has 0 heterocycles. The number of benzene rings is 3. The highest BCUT2D eigenvalue weighted by atomic mass is 16.5. The van der Waals surface area contributed by atoms with Crippen LogP contribution in [0.25, 0.3) is 0 Å². The molecule has 186 valence electrons. The zero-order valence-corrected chi connectivity index (χ0v) is 20.9. The van der Waals surface area contributed by atoms with Crippen LogP contribution < -0.4 is 10.1 Å². The second kappa shape index (κ2) is 9.81. The van der Waals surface area contributed by atoms with E-state index in [1.54, 1.807) is 42.5 Å². The maximum absolute atomic E-state index is 12.6. The van der Waals surface area contributed by atoms with Gasteiger partial charge in [0.1, 0.15) is 11.5 Å². The van der Waals surface area contributed by atoms with E-state index in [9.17, 15) is 14.7 Å². The maximum atomic E-state index is 12.6. The number of carboxylic acids is 1. The number of ether oxygens (including phenoxy) is 1. The van der Waals surface area contributed by atoms with Gasteiger partial charge in [0.15, 0.2) is 0 Å². The molecule has 3 aromatic carbocycles. The molecule has 36 heavy (non-hydrogen) atoms. The van der Waals surface area contributed by atoms with Gasteiger partial charge in [-0.15, -0.1) is 0 Å². The maximum Gasteiger partial charge on any atom is 0.337 e. The summed E-state index contributed by atoms with van der Waals surface area (Å²) in [6.45, 7) is 4.84. The average Bonchev–Trinajstić information content (AvgIpc) is 2.84. The minimum absolute atomic E-state index is 0.0501. The molecule has 0 radical (unpaired) electrons. The normalized spacial score (nSPS) is 25.1. The van der Waals surface area contributed by atoms with E-state index in [0.29, 0.717) is 11.3 Å². The van der Waals surface area contributed by atoms with Gasteiger partial charge in [-0.1, -0.05) is 38.1 Å². The topological polar surface area (TPSA) is 75.6 Å². The molecule has 1 amide bonds. The highest BCUT2D eigenvalue weighted by Gasteiger charge is 2.41. The quantitative estimate of drug-likeness (QED) is 0.380. The number of carbonyl (C=O) groups is 2. The van der Waals surface area contributed by atoms with Gasteiger partial charge in [0, 0.05) is 5.56 Å². The summed E-state index contributed by atoms with van der Waals surface area (Å²) >= 11 is 0. The molecule has 2 unspecified atom stereocenters. The first-order chi connectivity index (χ1) is 17.3. The van der Waals surface area contributed by atoms with Crippen LogP contribution in [-0.2, 0) is 5.41 Å².